The standard InChI is InChI=1S/C17H15FO/c1-2-3-13-4-6-14(7-5-13)8-9-15-10-11-17(19)16(18)12-15/h4-7,10-12,19H,2-3H2,1H3. The van der Waals surface area contributed by atoms with Crippen LogP contribution >= 0.6 is 0 Å². The van der Waals surface area contributed by atoms with E-state index in [1.807, 2.05) is 12.1 Å². The number of aryl methyl sites for hydroxylation is 1. The van der Waals surface area contributed by atoms with E-state index in [2.05, 4.69) is 30.9 Å². The Morgan fingerprint density at radius 1 is 1.00 bits per heavy atom. The predicted octanol–water partition coefficient (Wildman–Crippen LogP) is 3.88. The number of phenolic OH excluding ortho intramolecular Hbond substituents is 1. The van der Waals surface area contributed by atoms with Gasteiger partial charge in [-0.05, 0) is 42.3 Å². The number of hydrogen-bond donors (Lipinski definition) is 1. The molecule has 0 amide bonds. The number of phenols is 1. The minimum absolute atomic E-state index is 0.352. The van der Waals surface area contributed by atoms with E-state index < -0.39 is 5.82 Å². The summed E-state index contributed by atoms with van der Waals surface area (Å²) in [4.78, 5) is 0. The second-order valence-corrected chi connectivity index (χ2v) is 4.36. The van der Waals surface area contributed by atoms with Crippen molar-refractivity contribution >= 4 is 0 Å². The molecule has 0 spiro atoms. The second-order valence-electron chi connectivity index (χ2n) is 4.36. The molecule has 0 aliphatic heterocycles. The molecule has 0 unspecified atom stereocenters. The van der Waals surface area contributed by atoms with Crippen molar-refractivity contribution in [2.75, 3.05) is 0 Å². The number of aromatic hydroxyl groups is 1. The number of hydrogen-bond acceptors (Lipinski definition) is 1. The Hall–Kier alpha value is -2.27. The minimum Gasteiger partial charge on any atom is -0.505 e. The van der Waals surface area contributed by atoms with E-state index in [4.69, 9.17) is 5.11 Å². The van der Waals surface area contributed by atoms with Crippen LogP contribution in [0.25, 0.3) is 0 Å². The first-order chi connectivity index (χ1) is 9.19. The summed E-state index contributed by atoms with van der Waals surface area (Å²) in [7, 11) is 0. The maximum Gasteiger partial charge on any atom is 0.166 e. The van der Waals surface area contributed by atoms with Gasteiger partial charge in [0, 0.05) is 11.1 Å². The van der Waals surface area contributed by atoms with Crippen LogP contribution in [0, 0.1) is 17.7 Å². The van der Waals surface area contributed by atoms with Crippen molar-refractivity contribution in [1.29, 1.82) is 0 Å². The van der Waals surface area contributed by atoms with Gasteiger partial charge in [0.2, 0.25) is 0 Å². The van der Waals surface area contributed by atoms with Gasteiger partial charge in [-0.1, -0.05) is 37.3 Å². The molecule has 2 aromatic carbocycles. The van der Waals surface area contributed by atoms with Gasteiger partial charge in [-0.25, -0.2) is 4.39 Å². The highest BCUT2D eigenvalue weighted by molar-refractivity contribution is 5.45. The van der Waals surface area contributed by atoms with Gasteiger partial charge in [-0.2, -0.15) is 0 Å². The predicted molar refractivity (Wildman–Crippen MR) is 74.5 cm³/mol. The third-order valence-electron chi connectivity index (χ3n) is 2.79. The van der Waals surface area contributed by atoms with Crippen molar-refractivity contribution in [3.05, 3.63) is 65.0 Å². The summed E-state index contributed by atoms with van der Waals surface area (Å²) in [5, 5.41) is 9.09. The fourth-order valence-electron chi connectivity index (χ4n) is 1.77. The van der Waals surface area contributed by atoms with Gasteiger partial charge < -0.3 is 5.11 Å². The second kappa shape index (κ2) is 6.06. The lowest BCUT2D eigenvalue weighted by Crippen LogP contribution is -1.83. The van der Waals surface area contributed by atoms with E-state index in [0.717, 1.165) is 18.4 Å². The number of halogens is 1. The van der Waals surface area contributed by atoms with Gasteiger partial charge in [0.15, 0.2) is 11.6 Å². The summed E-state index contributed by atoms with van der Waals surface area (Å²) < 4.78 is 13.1. The summed E-state index contributed by atoms with van der Waals surface area (Å²) >= 11 is 0. The summed E-state index contributed by atoms with van der Waals surface area (Å²) in [5.41, 5.74) is 2.74. The Morgan fingerprint density at radius 3 is 2.26 bits per heavy atom. The van der Waals surface area contributed by atoms with Crippen molar-refractivity contribution in [2.45, 2.75) is 19.8 Å². The first-order valence-electron chi connectivity index (χ1n) is 6.28. The lowest BCUT2D eigenvalue weighted by atomic mass is 10.1. The number of rotatable bonds is 2. The van der Waals surface area contributed by atoms with Gasteiger partial charge in [-0.15, -0.1) is 0 Å². The summed E-state index contributed by atoms with van der Waals surface area (Å²) in [6.07, 6.45) is 2.19. The van der Waals surface area contributed by atoms with Gasteiger partial charge in [0.25, 0.3) is 0 Å². The highest BCUT2D eigenvalue weighted by Crippen LogP contribution is 2.15. The van der Waals surface area contributed by atoms with Crippen LogP contribution in [0.3, 0.4) is 0 Å². The average Bonchev–Trinajstić information content (AvgIpc) is 2.42. The molecule has 1 nitrogen and oxygen atoms in total. The molecule has 2 rings (SSSR count). The first-order valence-corrected chi connectivity index (χ1v) is 6.28. The largest absolute Gasteiger partial charge is 0.505 e. The minimum atomic E-state index is -0.648. The highest BCUT2D eigenvalue weighted by atomic mass is 19.1. The third-order valence-corrected chi connectivity index (χ3v) is 2.79. The first kappa shape index (κ1) is 13.2. The third kappa shape index (κ3) is 3.59. The fourth-order valence-corrected chi connectivity index (χ4v) is 1.77. The molecule has 0 aliphatic carbocycles. The molecule has 0 heterocycles. The molecule has 0 fully saturated rings. The van der Waals surface area contributed by atoms with E-state index in [-0.39, 0.29) is 5.75 Å². The maximum absolute atomic E-state index is 13.1. The van der Waals surface area contributed by atoms with Crippen LogP contribution in [0.2, 0.25) is 0 Å². The molecule has 0 saturated carbocycles. The van der Waals surface area contributed by atoms with Gasteiger partial charge >= 0.3 is 0 Å². The van der Waals surface area contributed by atoms with E-state index >= 15 is 0 Å². The maximum atomic E-state index is 13.1. The van der Waals surface area contributed by atoms with Crippen LogP contribution in [-0.2, 0) is 6.42 Å². The molecule has 2 aromatic rings. The molecule has 19 heavy (non-hydrogen) atoms. The molecule has 0 bridgehead atoms. The van der Waals surface area contributed by atoms with Crippen molar-refractivity contribution in [2.24, 2.45) is 0 Å². The Bertz CT molecular complexity index is 618. The van der Waals surface area contributed by atoms with Crippen LogP contribution in [0.4, 0.5) is 4.39 Å². The Kier molecular flexibility index (Phi) is 4.20. The van der Waals surface area contributed by atoms with Crippen LogP contribution in [-0.4, -0.2) is 5.11 Å². The normalized spacial score (nSPS) is 9.79. The van der Waals surface area contributed by atoms with E-state index in [1.54, 1.807) is 6.07 Å². The number of benzene rings is 2. The zero-order valence-corrected chi connectivity index (χ0v) is 10.8. The fraction of sp³-hybridized carbons (Fsp3) is 0.176. The summed E-state index contributed by atoms with van der Waals surface area (Å²) in [6, 6.07) is 12.2. The zero-order valence-electron chi connectivity index (χ0n) is 10.8. The molecular weight excluding hydrogens is 239 g/mol. The topological polar surface area (TPSA) is 20.2 Å². The van der Waals surface area contributed by atoms with Crippen molar-refractivity contribution in [1.82, 2.24) is 0 Å². The lowest BCUT2D eigenvalue weighted by Gasteiger charge is -1.98. The average molecular weight is 254 g/mol. The zero-order chi connectivity index (χ0) is 13.7. The van der Waals surface area contributed by atoms with Crippen molar-refractivity contribution < 1.29 is 9.50 Å². The van der Waals surface area contributed by atoms with Crippen molar-refractivity contribution in [3.63, 3.8) is 0 Å². The van der Waals surface area contributed by atoms with E-state index in [1.165, 1.54) is 17.7 Å². The Morgan fingerprint density at radius 2 is 1.63 bits per heavy atom. The van der Waals surface area contributed by atoms with Crippen LogP contribution < -0.4 is 0 Å². The quantitative estimate of drug-likeness (QED) is 0.806. The van der Waals surface area contributed by atoms with Crippen LogP contribution in [0.1, 0.15) is 30.0 Å². The van der Waals surface area contributed by atoms with Crippen LogP contribution in [0.5, 0.6) is 5.75 Å². The Balaban J connectivity index is 2.16. The molecule has 0 saturated heterocycles. The molecule has 0 atom stereocenters. The molecule has 0 aromatic heterocycles. The molecule has 0 radical (unpaired) electrons. The molecule has 1 N–H and O–H groups in total. The van der Waals surface area contributed by atoms with Gasteiger partial charge in [-0.3, -0.25) is 0 Å². The Labute approximate surface area is 112 Å². The van der Waals surface area contributed by atoms with Crippen LogP contribution in [0.15, 0.2) is 42.5 Å². The molecule has 0 aliphatic rings. The van der Waals surface area contributed by atoms with Gasteiger partial charge in [0.05, 0.1) is 0 Å². The monoisotopic (exact) mass is 254 g/mol. The van der Waals surface area contributed by atoms with Crippen molar-refractivity contribution in [3.8, 4) is 17.6 Å². The van der Waals surface area contributed by atoms with E-state index in [9.17, 15) is 4.39 Å². The van der Waals surface area contributed by atoms with Gasteiger partial charge in [0.1, 0.15) is 0 Å². The smallest absolute Gasteiger partial charge is 0.166 e. The highest BCUT2D eigenvalue weighted by Gasteiger charge is 1.99. The lowest BCUT2D eigenvalue weighted by molar-refractivity contribution is 0.432. The molecular formula is C17H15FO. The SMILES string of the molecule is CCCc1ccc(C#Cc2ccc(O)c(F)c2)cc1. The van der Waals surface area contributed by atoms with E-state index in [0.29, 0.717) is 5.56 Å². The summed E-state index contributed by atoms with van der Waals surface area (Å²) in [6.45, 7) is 2.15. The molecule has 96 valence electrons. The molecule has 2 heteroatoms. The summed E-state index contributed by atoms with van der Waals surface area (Å²) in [5.74, 6) is 4.86.